The van der Waals surface area contributed by atoms with Crippen LogP contribution in [0.1, 0.15) is 23.2 Å². The average molecular weight is 264 g/mol. The average Bonchev–Trinajstić information content (AvgIpc) is 2.39. The molecule has 6 nitrogen and oxygen atoms in total. The first-order valence-corrected chi connectivity index (χ1v) is 6.48. The van der Waals surface area contributed by atoms with E-state index in [9.17, 15) is 4.79 Å². The third-order valence-corrected chi connectivity index (χ3v) is 3.62. The highest BCUT2D eigenvalue weighted by molar-refractivity contribution is 5.96. The minimum atomic E-state index is -1.03. The first kappa shape index (κ1) is 13.6. The number of anilines is 2. The Labute approximate surface area is 112 Å². The van der Waals surface area contributed by atoms with Gasteiger partial charge in [-0.15, -0.1) is 0 Å². The summed E-state index contributed by atoms with van der Waals surface area (Å²) in [6, 6.07) is 1.42. The molecule has 1 fully saturated rings. The number of nitrogens with zero attached hydrogens (tertiary/aromatic N) is 2. The van der Waals surface area contributed by atoms with Crippen LogP contribution in [0.4, 0.5) is 11.5 Å². The van der Waals surface area contributed by atoms with Crippen molar-refractivity contribution in [1.82, 2.24) is 9.88 Å². The molecule has 0 aliphatic carbocycles. The van der Waals surface area contributed by atoms with Gasteiger partial charge < -0.3 is 21.1 Å². The number of carboxylic acids is 1. The van der Waals surface area contributed by atoms with E-state index in [-0.39, 0.29) is 11.3 Å². The number of rotatable bonds is 4. The standard InChI is InChI=1S/C13H20N4O2/c1-17-6-3-9(4-7-17)8-16-12-11(14)10(13(18)19)2-5-15-12/h2,5,9H,3-4,6-8,14H2,1H3,(H,15,16)(H,18,19). The van der Waals surface area contributed by atoms with E-state index in [1.807, 2.05) is 0 Å². The number of nitrogen functional groups attached to an aromatic ring is 1. The molecule has 2 heterocycles. The predicted octanol–water partition coefficient (Wildman–Crippen LogP) is 1.12. The Morgan fingerprint density at radius 1 is 1.58 bits per heavy atom. The monoisotopic (exact) mass is 264 g/mol. The summed E-state index contributed by atoms with van der Waals surface area (Å²) in [5.41, 5.74) is 6.12. The molecule has 6 heteroatoms. The molecule has 1 aliphatic rings. The molecule has 0 atom stereocenters. The minimum absolute atomic E-state index is 0.0980. The summed E-state index contributed by atoms with van der Waals surface area (Å²) < 4.78 is 0. The molecule has 0 radical (unpaired) electrons. The largest absolute Gasteiger partial charge is 0.478 e. The number of hydrogen-bond acceptors (Lipinski definition) is 5. The zero-order chi connectivity index (χ0) is 13.8. The number of piperidine rings is 1. The molecule has 2 rings (SSSR count). The van der Waals surface area contributed by atoms with Gasteiger partial charge in [-0.1, -0.05) is 0 Å². The Morgan fingerprint density at radius 3 is 2.89 bits per heavy atom. The zero-order valence-electron chi connectivity index (χ0n) is 11.1. The van der Waals surface area contributed by atoms with Crippen LogP contribution in [0.2, 0.25) is 0 Å². The van der Waals surface area contributed by atoms with Gasteiger partial charge in [0.15, 0.2) is 0 Å². The summed E-state index contributed by atoms with van der Waals surface area (Å²) in [7, 11) is 2.12. The fraction of sp³-hybridized carbons (Fsp3) is 0.538. The van der Waals surface area contributed by atoms with Crippen molar-refractivity contribution < 1.29 is 9.90 Å². The summed E-state index contributed by atoms with van der Waals surface area (Å²) in [4.78, 5) is 17.4. The van der Waals surface area contributed by atoms with Crippen molar-refractivity contribution in [2.75, 3.05) is 37.7 Å². The summed E-state index contributed by atoms with van der Waals surface area (Å²) in [5, 5.41) is 12.2. The molecular formula is C13H20N4O2. The van der Waals surface area contributed by atoms with Gasteiger partial charge in [-0.05, 0) is 45.0 Å². The van der Waals surface area contributed by atoms with Crippen molar-refractivity contribution in [3.05, 3.63) is 17.8 Å². The van der Waals surface area contributed by atoms with Crippen LogP contribution >= 0.6 is 0 Å². The Kier molecular flexibility index (Phi) is 4.21. The number of pyridine rings is 1. The first-order chi connectivity index (χ1) is 9.08. The lowest BCUT2D eigenvalue weighted by atomic mass is 9.97. The SMILES string of the molecule is CN1CCC(CNc2nccc(C(=O)O)c2N)CC1. The number of aromatic nitrogens is 1. The second-order valence-electron chi connectivity index (χ2n) is 5.05. The minimum Gasteiger partial charge on any atom is -0.478 e. The lowest BCUT2D eigenvalue weighted by Crippen LogP contribution is -2.33. The molecule has 0 bridgehead atoms. The predicted molar refractivity (Wildman–Crippen MR) is 74.3 cm³/mol. The molecular weight excluding hydrogens is 244 g/mol. The van der Waals surface area contributed by atoms with Gasteiger partial charge in [0.2, 0.25) is 0 Å². The van der Waals surface area contributed by atoms with Gasteiger partial charge in [0.25, 0.3) is 0 Å². The van der Waals surface area contributed by atoms with Crippen molar-refractivity contribution >= 4 is 17.5 Å². The Bertz CT molecular complexity index is 456. The highest BCUT2D eigenvalue weighted by Crippen LogP contribution is 2.22. The number of likely N-dealkylation sites (tertiary alicyclic amines) is 1. The van der Waals surface area contributed by atoms with Gasteiger partial charge in [-0.3, -0.25) is 0 Å². The highest BCUT2D eigenvalue weighted by Gasteiger charge is 2.18. The van der Waals surface area contributed by atoms with Crippen molar-refractivity contribution in [3.63, 3.8) is 0 Å². The second-order valence-corrected chi connectivity index (χ2v) is 5.05. The maximum absolute atomic E-state index is 11.0. The van der Waals surface area contributed by atoms with Crippen LogP contribution in [0.3, 0.4) is 0 Å². The van der Waals surface area contributed by atoms with E-state index in [0.29, 0.717) is 11.7 Å². The molecule has 0 amide bonds. The maximum Gasteiger partial charge on any atom is 0.337 e. The van der Waals surface area contributed by atoms with Crippen LogP contribution in [0, 0.1) is 5.92 Å². The van der Waals surface area contributed by atoms with Crippen LogP contribution < -0.4 is 11.1 Å². The van der Waals surface area contributed by atoms with Gasteiger partial charge >= 0.3 is 5.97 Å². The van der Waals surface area contributed by atoms with E-state index in [1.54, 1.807) is 0 Å². The second kappa shape index (κ2) is 5.88. The number of carboxylic acid groups (broad SMARTS) is 1. The molecule has 1 aromatic heterocycles. The molecule has 4 N–H and O–H groups in total. The summed E-state index contributed by atoms with van der Waals surface area (Å²) in [6.07, 6.45) is 3.75. The number of carbonyl (C=O) groups is 1. The van der Waals surface area contributed by atoms with Crippen LogP contribution in [-0.2, 0) is 0 Å². The Morgan fingerprint density at radius 2 is 2.26 bits per heavy atom. The zero-order valence-corrected chi connectivity index (χ0v) is 11.1. The summed E-state index contributed by atoms with van der Waals surface area (Å²) in [5.74, 6) is 0.0342. The lowest BCUT2D eigenvalue weighted by molar-refractivity contribution is 0.0698. The topological polar surface area (TPSA) is 91.5 Å². The molecule has 0 aromatic carbocycles. The van der Waals surface area contributed by atoms with Crippen molar-refractivity contribution in [3.8, 4) is 0 Å². The van der Waals surface area contributed by atoms with Crippen LogP contribution in [0.15, 0.2) is 12.3 Å². The molecule has 0 unspecified atom stereocenters. The number of nitrogens with two attached hydrogens (primary N) is 1. The van der Waals surface area contributed by atoms with Gasteiger partial charge in [-0.2, -0.15) is 0 Å². The van der Waals surface area contributed by atoms with E-state index in [2.05, 4.69) is 22.2 Å². The van der Waals surface area contributed by atoms with E-state index in [1.165, 1.54) is 12.3 Å². The molecule has 1 saturated heterocycles. The summed E-state index contributed by atoms with van der Waals surface area (Å²) in [6.45, 7) is 2.99. The van der Waals surface area contributed by atoms with Crippen LogP contribution in [-0.4, -0.2) is 47.6 Å². The maximum atomic E-state index is 11.0. The van der Waals surface area contributed by atoms with Crippen molar-refractivity contribution in [1.29, 1.82) is 0 Å². The Hall–Kier alpha value is -1.82. The molecule has 1 aromatic rings. The van der Waals surface area contributed by atoms with Crippen molar-refractivity contribution in [2.24, 2.45) is 5.92 Å². The third kappa shape index (κ3) is 3.35. The molecule has 0 saturated carbocycles. The van der Waals surface area contributed by atoms with Gasteiger partial charge in [-0.25, -0.2) is 9.78 Å². The van der Waals surface area contributed by atoms with E-state index in [0.717, 1.165) is 32.5 Å². The third-order valence-electron chi connectivity index (χ3n) is 3.62. The number of nitrogens with one attached hydrogen (secondary N) is 1. The molecule has 0 spiro atoms. The van der Waals surface area contributed by atoms with Crippen LogP contribution in [0.25, 0.3) is 0 Å². The quantitative estimate of drug-likeness (QED) is 0.754. The van der Waals surface area contributed by atoms with Gasteiger partial charge in [0, 0.05) is 12.7 Å². The smallest absolute Gasteiger partial charge is 0.337 e. The lowest BCUT2D eigenvalue weighted by Gasteiger charge is -2.29. The van der Waals surface area contributed by atoms with Crippen LogP contribution in [0.5, 0.6) is 0 Å². The number of aromatic carboxylic acids is 1. The Balaban J connectivity index is 1.96. The molecule has 19 heavy (non-hydrogen) atoms. The van der Waals surface area contributed by atoms with Gasteiger partial charge in [0.1, 0.15) is 5.82 Å². The molecule has 104 valence electrons. The highest BCUT2D eigenvalue weighted by atomic mass is 16.4. The fourth-order valence-corrected chi connectivity index (χ4v) is 2.31. The van der Waals surface area contributed by atoms with E-state index in [4.69, 9.17) is 10.8 Å². The first-order valence-electron chi connectivity index (χ1n) is 6.48. The van der Waals surface area contributed by atoms with E-state index < -0.39 is 5.97 Å². The summed E-state index contributed by atoms with van der Waals surface area (Å²) >= 11 is 0. The molecule has 1 aliphatic heterocycles. The number of hydrogen-bond donors (Lipinski definition) is 3. The van der Waals surface area contributed by atoms with Crippen molar-refractivity contribution in [2.45, 2.75) is 12.8 Å². The van der Waals surface area contributed by atoms with Gasteiger partial charge in [0.05, 0.1) is 11.3 Å². The van der Waals surface area contributed by atoms with E-state index >= 15 is 0 Å². The normalized spacial score (nSPS) is 17.3. The fourth-order valence-electron chi connectivity index (χ4n) is 2.31.